The molecule has 0 radical (unpaired) electrons. The monoisotopic (exact) mass is 1250 g/mol. The van der Waals surface area contributed by atoms with Gasteiger partial charge in [0.15, 0.2) is 0 Å². The molecule has 2 atom stereocenters. The first-order valence-corrected chi connectivity index (χ1v) is 41.1. The molecule has 0 aromatic carbocycles. The number of unbranched alkanes of at least 4 members (excludes halogenated alkanes) is 65. The van der Waals surface area contributed by atoms with Crippen LogP contribution in [-0.4, -0.2) is 47.4 Å². The lowest BCUT2D eigenvalue weighted by Gasteiger charge is -2.20. The van der Waals surface area contributed by atoms with Gasteiger partial charge in [0.25, 0.3) is 0 Å². The molecule has 0 heterocycles. The Labute approximate surface area is 558 Å². The zero-order valence-corrected chi connectivity index (χ0v) is 60.7. The average molecular weight is 1250 g/mol. The Morgan fingerprint density at radius 1 is 0.303 bits per heavy atom. The molecular weight excluding hydrogens is 1090 g/mol. The molecule has 0 aliphatic rings. The van der Waals surface area contributed by atoms with E-state index in [1.165, 1.54) is 405 Å². The molecule has 0 aliphatic heterocycles. The van der Waals surface area contributed by atoms with Crippen molar-refractivity contribution in [3.05, 3.63) is 24.3 Å². The van der Waals surface area contributed by atoms with Gasteiger partial charge in [0.1, 0.15) is 0 Å². The second-order valence-corrected chi connectivity index (χ2v) is 28.5. The number of rotatable bonds is 78. The van der Waals surface area contributed by atoms with Gasteiger partial charge in [-0.2, -0.15) is 0 Å². The smallest absolute Gasteiger partial charge is 0.305 e. The van der Waals surface area contributed by atoms with Crippen molar-refractivity contribution in [2.75, 3.05) is 13.2 Å². The summed E-state index contributed by atoms with van der Waals surface area (Å²) in [4.78, 5) is 24.7. The summed E-state index contributed by atoms with van der Waals surface area (Å²) in [7, 11) is 0. The predicted octanol–water partition coefficient (Wildman–Crippen LogP) is 27.2. The van der Waals surface area contributed by atoms with Gasteiger partial charge in [-0.1, -0.05) is 423 Å². The third-order valence-electron chi connectivity index (χ3n) is 19.5. The average Bonchev–Trinajstić information content (AvgIpc) is 3.56. The second-order valence-electron chi connectivity index (χ2n) is 28.5. The van der Waals surface area contributed by atoms with Crippen molar-refractivity contribution in [3.63, 3.8) is 0 Å². The molecule has 2 unspecified atom stereocenters. The van der Waals surface area contributed by atoms with Crippen LogP contribution in [0.25, 0.3) is 0 Å². The van der Waals surface area contributed by atoms with Crippen LogP contribution in [0.3, 0.4) is 0 Å². The maximum absolute atomic E-state index is 12.6. The number of amides is 1. The number of hydrogen-bond donors (Lipinski definition) is 3. The number of allylic oxidation sites excluding steroid dienone is 3. The van der Waals surface area contributed by atoms with Gasteiger partial charge in [0, 0.05) is 12.8 Å². The lowest BCUT2D eigenvalue weighted by Crippen LogP contribution is -2.45. The van der Waals surface area contributed by atoms with E-state index in [1.54, 1.807) is 6.08 Å². The number of aliphatic hydroxyl groups excluding tert-OH is 2. The van der Waals surface area contributed by atoms with Gasteiger partial charge in [-0.3, -0.25) is 9.59 Å². The second kappa shape index (κ2) is 78.8. The molecule has 0 spiro atoms. The lowest BCUT2D eigenvalue weighted by molar-refractivity contribution is -0.143. The summed E-state index contributed by atoms with van der Waals surface area (Å²) in [5.41, 5.74) is 0. The third kappa shape index (κ3) is 75.3. The number of carbonyl (C=O) groups is 2. The van der Waals surface area contributed by atoms with Crippen LogP contribution in [0, 0.1) is 0 Å². The van der Waals surface area contributed by atoms with E-state index < -0.39 is 12.1 Å². The van der Waals surface area contributed by atoms with Gasteiger partial charge in [0.05, 0.1) is 25.4 Å². The first-order valence-electron chi connectivity index (χ1n) is 41.1. The van der Waals surface area contributed by atoms with Gasteiger partial charge < -0.3 is 20.3 Å². The Kier molecular flexibility index (Phi) is 77.3. The molecule has 0 bridgehead atoms. The largest absolute Gasteiger partial charge is 0.466 e. The molecule has 0 aliphatic carbocycles. The van der Waals surface area contributed by atoms with Crippen molar-refractivity contribution in [3.8, 4) is 0 Å². The molecule has 1 amide bonds. The summed E-state index contributed by atoms with van der Waals surface area (Å²) < 4.78 is 5.52. The fourth-order valence-electron chi connectivity index (χ4n) is 13.2. The zero-order chi connectivity index (χ0) is 64.2. The highest BCUT2D eigenvalue weighted by molar-refractivity contribution is 5.76. The van der Waals surface area contributed by atoms with Crippen LogP contribution in [0.4, 0.5) is 0 Å². The standard InChI is InChI=1S/C83H161NO5/c1-3-5-7-9-11-13-15-17-19-21-23-24-25-34-37-40-43-47-51-55-59-63-67-71-75-81(86)80(79-85)84-82(87)76-72-68-64-60-56-52-48-44-41-38-35-32-30-28-26-27-29-31-33-36-39-42-46-50-54-58-62-66-70-74-78-89-83(88)77-73-69-65-61-57-53-49-45-22-20-18-16-14-12-10-8-6-4-2/h27,29,71,75,80-81,85-86H,3-26,28,30-70,72-74,76-79H2,1-2H3,(H,84,87)/b29-27-,75-71+. The Morgan fingerprint density at radius 2 is 0.528 bits per heavy atom. The van der Waals surface area contributed by atoms with E-state index in [0.29, 0.717) is 19.4 Å². The minimum absolute atomic E-state index is 0.0224. The Balaban J connectivity index is 3.37. The van der Waals surface area contributed by atoms with Crippen LogP contribution in [-0.2, 0) is 14.3 Å². The van der Waals surface area contributed by atoms with Crippen molar-refractivity contribution >= 4 is 11.9 Å². The molecule has 0 rings (SSSR count). The number of ether oxygens (including phenoxy) is 1. The molecular formula is C83H161NO5. The molecule has 6 heteroatoms. The third-order valence-corrected chi connectivity index (χ3v) is 19.5. The highest BCUT2D eigenvalue weighted by atomic mass is 16.5. The summed E-state index contributed by atoms with van der Waals surface area (Å²) in [5.74, 6) is -0.0386. The summed E-state index contributed by atoms with van der Waals surface area (Å²) in [5, 5.41) is 23.3. The molecule has 3 N–H and O–H groups in total. The zero-order valence-electron chi connectivity index (χ0n) is 60.7. The molecule has 0 saturated heterocycles. The molecule has 89 heavy (non-hydrogen) atoms. The van der Waals surface area contributed by atoms with E-state index in [1.807, 2.05) is 6.08 Å². The van der Waals surface area contributed by atoms with Crippen LogP contribution >= 0.6 is 0 Å². The van der Waals surface area contributed by atoms with Crippen LogP contribution in [0.1, 0.15) is 470 Å². The fraction of sp³-hybridized carbons (Fsp3) is 0.928. The predicted molar refractivity (Wildman–Crippen MR) is 393 cm³/mol. The van der Waals surface area contributed by atoms with Crippen molar-refractivity contribution in [2.45, 2.75) is 482 Å². The topological polar surface area (TPSA) is 95.9 Å². The number of nitrogens with one attached hydrogen (secondary N) is 1. The first kappa shape index (κ1) is 87.3. The van der Waals surface area contributed by atoms with Gasteiger partial charge in [-0.15, -0.1) is 0 Å². The van der Waals surface area contributed by atoms with Crippen molar-refractivity contribution < 1.29 is 24.5 Å². The maximum Gasteiger partial charge on any atom is 0.305 e. The SMILES string of the molecule is CCCCCCCCCCCCCCCCCCCCCCCC/C=C/C(O)C(CO)NC(=O)CCCCCCCCCCCCCCCC/C=C\CCCCCCCCCCCCCCOC(=O)CCCCCCCCCCCCCCCCCCCC. The fourth-order valence-corrected chi connectivity index (χ4v) is 13.2. The van der Waals surface area contributed by atoms with E-state index in [-0.39, 0.29) is 18.5 Å². The van der Waals surface area contributed by atoms with Crippen molar-refractivity contribution in [1.29, 1.82) is 0 Å². The van der Waals surface area contributed by atoms with Crippen LogP contribution in [0.5, 0.6) is 0 Å². The molecule has 6 nitrogen and oxygen atoms in total. The molecule has 0 aromatic rings. The van der Waals surface area contributed by atoms with Gasteiger partial charge in [-0.05, 0) is 57.8 Å². The quantitative estimate of drug-likeness (QED) is 0.0320. The molecule has 528 valence electrons. The highest BCUT2D eigenvalue weighted by Crippen LogP contribution is 2.20. The van der Waals surface area contributed by atoms with E-state index in [4.69, 9.17) is 4.74 Å². The van der Waals surface area contributed by atoms with E-state index in [9.17, 15) is 19.8 Å². The summed E-state index contributed by atoms with van der Waals surface area (Å²) in [6.45, 7) is 4.97. The number of esters is 1. The van der Waals surface area contributed by atoms with Crippen LogP contribution in [0.15, 0.2) is 24.3 Å². The summed E-state index contributed by atoms with van der Waals surface area (Å²) in [6.07, 6.45) is 102. The lowest BCUT2D eigenvalue weighted by atomic mass is 10.0. The van der Waals surface area contributed by atoms with Gasteiger partial charge in [-0.25, -0.2) is 0 Å². The van der Waals surface area contributed by atoms with Crippen LogP contribution < -0.4 is 5.32 Å². The Bertz CT molecular complexity index is 1400. The summed E-state index contributed by atoms with van der Waals surface area (Å²) in [6, 6.07) is -0.628. The Morgan fingerprint density at radius 3 is 0.798 bits per heavy atom. The Hall–Kier alpha value is -1.66. The van der Waals surface area contributed by atoms with Crippen molar-refractivity contribution in [2.24, 2.45) is 0 Å². The van der Waals surface area contributed by atoms with E-state index in [2.05, 4.69) is 31.3 Å². The molecule has 0 aromatic heterocycles. The van der Waals surface area contributed by atoms with Gasteiger partial charge >= 0.3 is 5.97 Å². The minimum Gasteiger partial charge on any atom is -0.466 e. The normalized spacial score (nSPS) is 12.5. The van der Waals surface area contributed by atoms with Crippen LogP contribution in [0.2, 0.25) is 0 Å². The number of carbonyl (C=O) groups excluding carboxylic acids is 2. The van der Waals surface area contributed by atoms with E-state index >= 15 is 0 Å². The maximum atomic E-state index is 12.6. The van der Waals surface area contributed by atoms with E-state index in [0.717, 1.165) is 38.5 Å². The molecule has 0 saturated carbocycles. The highest BCUT2D eigenvalue weighted by Gasteiger charge is 2.18. The minimum atomic E-state index is -0.845. The van der Waals surface area contributed by atoms with Gasteiger partial charge in [0.2, 0.25) is 5.91 Å². The molecule has 0 fully saturated rings. The number of aliphatic hydroxyl groups is 2. The summed E-state index contributed by atoms with van der Waals surface area (Å²) >= 11 is 0. The van der Waals surface area contributed by atoms with Crippen molar-refractivity contribution in [1.82, 2.24) is 5.32 Å². The number of hydrogen-bond acceptors (Lipinski definition) is 5. The first-order chi connectivity index (χ1) is 44.0.